The third kappa shape index (κ3) is 12.0. The summed E-state index contributed by atoms with van der Waals surface area (Å²) >= 11 is 1.12. The van der Waals surface area contributed by atoms with E-state index in [1.54, 1.807) is 9.63 Å². The molecule has 20 radical (unpaired) electrons. The van der Waals surface area contributed by atoms with Crippen LogP contribution in [0.1, 0.15) is 13.8 Å². The van der Waals surface area contributed by atoms with Gasteiger partial charge in [0.05, 0.1) is 0 Å². The summed E-state index contributed by atoms with van der Waals surface area (Å²) in [5.41, 5.74) is 0. The number of hydrogen-bond acceptors (Lipinski definition) is 2. The van der Waals surface area contributed by atoms with Crippen molar-refractivity contribution in [2.75, 3.05) is 28.2 Å². The summed E-state index contributed by atoms with van der Waals surface area (Å²) < 4.78 is 0. The van der Waals surface area contributed by atoms with E-state index in [2.05, 4.69) is 90.4 Å². The van der Waals surface area contributed by atoms with Crippen molar-refractivity contribution in [2.24, 2.45) is 0 Å². The van der Waals surface area contributed by atoms with E-state index in [1.165, 1.54) is 11.8 Å². The number of rotatable bonds is 7. The van der Waals surface area contributed by atoms with Gasteiger partial charge < -0.3 is 0 Å². The Balaban J connectivity index is 0.000000404. The Morgan fingerprint density at radius 3 is 1.00 bits per heavy atom. The van der Waals surface area contributed by atoms with Crippen LogP contribution in [0.5, 0.6) is 0 Å². The Hall–Kier alpha value is 1.48. The zero-order valence-electron chi connectivity index (χ0n) is 20.5. The second kappa shape index (κ2) is 18.7. The maximum Gasteiger partial charge on any atom is 2.00 e. The molecule has 0 N–H and O–H groups in total. The van der Waals surface area contributed by atoms with Gasteiger partial charge in [-0.3, -0.25) is 0 Å². The summed E-state index contributed by atoms with van der Waals surface area (Å²) in [5, 5.41) is 0. The number of hydrogen-bond donors (Lipinski definition) is 0. The summed E-state index contributed by atoms with van der Waals surface area (Å²) in [6.45, 7) is 4.59. The molecule has 0 saturated heterocycles. The molecule has 0 aromatic heterocycles. The minimum Gasteiger partial charge on any atom is -0.0312 e. The van der Waals surface area contributed by atoms with Crippen molar-refractivity contribution < 1.29 is 17.1 Å². The smallest absolute Gasteiger partial charge is 0.0312 e. The van der Waals surface area contributed by atoms with Crippen molar-refractivity contribution in [3.63, 3.8) is 0 Å². The molecule has 0 heterocycles. The first-order valence-electron chi connectivity index (χ1n) is 10.9. The standard InChI is InChI=1S/C18H26N2Se2.2C5H5.Fe/c1-13(19(3)4)15-9-7-11-17(15)21-22-18-12-8-10-16(18)14(2)20(5)6;2*1-2-4-5-3-1;/h7-14H,1-6H3;2*1-5H;/q;;;+2/t13-,14-;;;/m1.../s1. The van der Waals surface area contributed by atoms with E-state index >= 15 is 0 Å². The fourth-order valence-corrected chi connectivity index (χ4v) is 10.6. The van der Waals surface area contributed by atoms with Crippen molar-refractivity contribution in [2.45, 2.75) is 25.9 Å². The second-order valence-corrected chi connectivity index (χ2v) is 14.2. The Bertz CT molecular complexity index is 412. The fourth-order valence-electron chi connectivity index (χ4n) is 2.96. The molecule has 4 saturated carbocycles. The van der Waals surface area contributed by atoms with Gasteiger partial charge in [-0.05, 0) is 64.2 Å². The molecule has 4 rings (SSSR count). The Morgan fingerprint density at radius 1 is 0.485 bits per heavy atom. The van der Waals surface area contributed by atoms with Gasteiger partial charge in [0.15, 0.2) is 0 Å². The molecule has 4 aliphatic rings. The minimum atomic E-state index is 0. The van der Waals surface area contributed by atoms with E-state index in [-0.39, 0.29) is 17.1 Å². The van der Waals surface area contributed by atoms with Gasteiger partial charge in [-0.1, -0.05) is 0 Å². The van der Waals surface area contributed by atoms with Gasteiger partial charge in [-0.15, -0.1) is 0 Å². The zero-order chi connectivity index (χ0) is 23.3. The first kappa shape index (κ1) is 32.5. The van der Waals surface area contributed by atoms with Crippen LogP contribution in [-0.4, -0.2) is 76.3 Å². The third-order valence-corrected chi connectivity index (χ3v) is 12.7. The van der Waals surface area contributed by atoms with Gasteiger partial charge >= 0.3 is 167 Å². The molecule has 2 nitrogen and oxygen atoms in total. The van der Waals surface area contributed by atoms with Gasteiger partial charge in [0.1, 0.15) is 0 Å². The van der Waals surface area contributed by atoms with E-state index < -0.39 is 0 Å². The third-order valence-electron chi connectivity index (χ3n) is 5.40. The predicted octanol–water partition coefficient (Wildman–Crippen LogP) is 3.72. The van der Waals surface area contributed by atoms with Crippen LogP contribution in [0, 0.1) is 124 Å². The van der Waals surface area contributed by atoms with Crippen molar-refractivity contribution in [1.29, 1.82) is 0 Å². The van der Waals surface area contributed by atoms with E-state index in [0.717, 1.165) is 0 Å². The monoisotopic (exact) mass is 616 g/mol. The molecule has 0 aromatic rings. The zero-order valence-corrected chi connectivity index (χ0v) is 25.0. The topological polar surface area (TPSA) is 6.48 Å². The molecule has 33 heavy (non-hydrogen) atoms. The molecule has 0 aliphatic heterocycles. The van der Waals surface area contributed by atoms with Crippen molar-refractivity contribution in [1.82, 2.24) is 9.80 Å². The van der Waals surface area contributed by atoms with Crippen LogP contribution in [0.15, 0.2) is 0 Å². The predicted molar refractivity (Wildman–Crippen MR) is 140 cm³/mol. The van der Waals surface area contributed by atoms with Crippen LogP contribution in [-0.2, 0) is 17.1 Å². The van der Waals surface area contributed by atoms with E-state index in [9.17, 15) is 0 Å². The summed E-state index contributed by atoms with van der Waals surface area (Å²) in [4.78, 5) is 7.75. The average Bonchev–Trinajstić information content (AvgIpc) is 3.61. The Kier molecular flexibility index (Phi) is 18.4. The minimum absolute atomic E-state index is 0. The average molecular weight is 614 g/mol. The molecule has 2 atom stereocenters. The molecule has 0 spiro atoms. The molecule has 0 aromatic carbocycles. The molecule has 176 valence electrons. The molecule has 0 unspecified atom stereocenters. The fraction of sp³-hybridized carbons (Fsp3) is 0.286. The van der Waals surface area contributed by atoms with Crippen LogP contribution < -0.4 is 0 Å². The van der Waals surface area contributed by atoms with Gasteiger partial charge in [0.25, 0.3) is 0 Å². The summed E-state index contributed by atoms with van der Waals surface area (Å²) in [6.07, 6.45) is 33.7. The van der Waals surface area contributed by atoms with Crippen molar-refractivity contribution in [3.05, 3.63) is 124 Å². The van der Waals surface area contributed by atoms with Crippen LogP contribution in [0.25, 0.3) is 0 Å². The van der Waals surface area contributed by atoms with E-state index in [0.29, 0.717) is 38.3 Å². The van der Waals surface area contributed by atoms with Crippen LogP contribution >= 0.6 is 0 Å². The van der Waals surface area contributed by atoms with Gasteiger partial charge in [-0.25, -0.2) is 0 Å². The largest absolute Gasteiger partial charge is 2.00 e. The molecule has 5 heteroatoms. The summed E-state index contributed by atoms with van der Waals surface area (Å²) in [6, 6.07) is 1.00. The molecule has 0 bridgehead atoms. The van der Waals surface area contributed by atoms with Crippen molar-refractivity contribution >= 4 is 26.3 Å². The summed E-state index contributed by atoms with van der Waals surface area (Å²) in [5.74, 6) is 3.03. The quantitative estimate of drug-likeness (QED) is 0.404. The SMILES string of the molecule is C[C@H]([C]1[CH][CH][CH][C]1[Se][Se][C]1[CH][CH][CH][C]1[C@@H](C)N(C)C)N(C)C.[CH]1[CH][CH][CH][CH]1.[CH]1[CH][CH][CH][CH]1.[Fe+2]. The summed E-state index contributed by atoms with van der Waals surface area (Å²) in [7, 11) is 8.64. The maximum absolute atomic E-state index is 2.33. The Labute approximate surface area is 230 Å². The van der Waals surface area contributed by atoms with E-state index in [1.807, 2.05) is 64.2 Å². The molecule has 0 amide bonds. The first-order chi connectivity index (χ1) is 15.4. The normalized spacial score (nSPS) is 24.4. The molecule has 4 aliphatic carbocycles. The van der Waals surface area contributed by atoms with E-state index in [4.69, 9.17) is 0 Å². The second-order valence-electron chi connectivity index (χ2n) is 8.06. The number of nitrogens with zero attached hydrogens (tertiary/aromatic N) is 2. The van der Waals surface area contributed by atoms with Gasteiger partial charge in [0, 0.05) is 0 Å². The van der Waals surface area contributed by atoms with Crippen LogP contribution in [0.3, 0.4) is 0 Å². The molecular weight excluding hydrogens is 578 g/mol. The first-order valence-corrected chi connectivity index (χ1v) is 17.0. The van der Waals surface area contributed by atoms with Gasteiger partial charge in [-0.2, -0.15) is 0 Å². The van der Waals surface area contributed by atoms with Crippen molar-refractivity contribution in [3.8, 4) is 0 Å². The molecular formula is C28H36FeN2Se2+2. The van der Waals surface area contributed by atoms with Gasteiger partial charge in [0.2, 0.25) is 0 Å². The maximum atomic E-state index is 2.33. The Morgan fingerprint density at radius 2 is 0.758 bits per heavy atom. The van der Waals surface area contributed by atoms with Crippen LogP contribution in [0.2, 0.25) is 0 Å². The molecule has 4 fully saturated rings. The van der Waals surface area contributed by atoms with Crippen LogP contribution in [0.4, 0.5) is 0 Å².